The zero-order valence-corrected chi connectivity index (χ0v) is 13.8. The second-order valence-corrected chi connectivity index (χ2v) is 5.22. The van der Waals surface area contributed by atoms with Crippen molar-refractivity contribution in [3.8, 4) is 11.5 Å². The van der Waals surface area contributed by atoms with Gasteiger partial charge in [-0.3, -0.25) is 20.4 Å². The fourth-order valence-electron chi connectivity index (χ4n) is 1.99. The molecular weight excluding hydrogens is 308 g/mol. The summed E-state index contributed by atoms with van der Waals surface area (Å²) in [7, 11) is 1.47. The van der Waals surface area contributed by atoms with Crippen LogP contribution in [0.5, 0.6) is 11.5 Å². The van der Waals surface area contributed by atoms with Crippen molar-refractivity contribution in [1.29, 1.82) is 0 Å². The van der Waals surface area contributed by atoms with Crippen LogP contribution in [-0.4, -0.2) is 25.0 Å². The van der Waals surface area contributed by atoms with Crippen LogP contribution in [0.2, 0.25) is 0 Å². The number of carbonyl (C=O) groups excluding carboxylic acids is 2. The van der Waals surface area contributed by atoms with E-state index in [4.69, 9.17) is 9.47 Å². The number of benzene rings is 2. The molecule has 2 aromatic rings. The highest BCUT2D eigenvalue weighted by atomic mass is 16.5. The summed E-state index contributed by atoms with van der Waals surface area (Å²) in [5, 5.41) is 0. The van der Waals surface area contributed by atoms with Gasteiger partial charge in [-0.25, -0.2) is 0 Å². The summed E-state index contributed by atoms with van der Waals surface area (Å²) >= 11 is 0. The molecule has 0 spiro atoms. The minimum atomic E-state index is -0.759. The van der Waals surface area contributed by atoms with Gasteiger partial charge >= 0.3 is 0 Å². The fraction of sp³-hybridized carbons (Fsp3) is 0.222. The molecular formula is C18H20N2O4. The molecule has 0 unspecified atom stereocenters. The van der Waals surface area contributed by atoms with E-state index in [1.807, 2.05) is 19.1 Å². The van der Waals surface area contributed by atoms with Gasteiger partial charge in [0.05, 0.1) is 12.7 Å². The van der Waals surface area contributed by atoms with Crippen molar-refractivity contribution in [2.24, 2.45) is 0 Å². The van der Waals surface area contributed by atoms with Crippen molar-refractivity contribution < 1.29 is 19.1 Å². The summed E-state index contributed by atoms with van der Waals surface area (Å²) in [6, 6.07) is 14.1. The summed E-state index contributed by atoms with van der Waals surface area (Å²) in [5.41, 5.74) is 6.12. The average molecular weight is 328 g/mol. The quantitative estimate of drug-likeness (QED) is 0.825. The van der Waals surface area contributed by atoms with Gasteiger partial charge in [0, 0.05) is 0 Å². The lowest BCUT2D eigenvalue weighted by atomic mass is 10.2. The Morgan fingerprint density at radius 1 is 1.00 bits per heavy atom. The number of hydrogen-bond acceptors (Lipinski definition) is 4. The highest BCUT2D eigenvalue weighted by Gasteiger charge is 2.17. The molecule has 0 aliphatic rings. The van der Waals surface area contributed by atoms with Crippen LogP contribution in [0.1, 0.15) is 22.8 Å². The maximum absolute atomic E-state index is 12.1. The molecule has 0 aliphatic carbocycles. The van der Waals surface area contributed by atoms with E-state index in [9.17, 15) is 9.59 Å². The second-order valence-electron chi connectivity index (χ2n) is 5.22. The normalized spacial score (nSPS) is 11.3. The lowest BCUT2D eigenvalue weighted by molar-refractivity contribution is -0.128. The van der Waals surface area contributed by atoms with Gasteiger partial charge in [-0.2, -0.15) is 0 Å². The Balaban J connectivity index is 1.90. The smallest absolute Gasteiger partial charge is 0.279 e. The summed E-state index contributed by atoms with van der Waals surface area (Å²) in [5.74, 6) is 0.0784. The maximum Gasteiger partial charge on any atom is 0.279 e. The third kappa shape index (κ3) is 4.49. The molecule has 0 aliphatic heterocycles. The summed E-state index contributed by atoms with van der Waals surface area (Å²) < 4.78 is 10.6. The van der Waals surface area contributed by atoms with Gasteiger partial charge in [0.1, 0.15) is 11.5 Å². The molecule has 0 heterocycles. The highest BCUT2D eigenvalue weighted by molar-refractivity contribution is 5.98. The average Bonchev–Trinajstić information content (AvgIpc) is 2.61. The third-order valence-corrected chi connectivity index (χ3v) is 3.35. The van der Waals surface area contributed by atoms with Gasteiger partial charge in [0.2, 0.25) is 0 Å². The van der Waals surface area contributed by atoms with E-state index < -0.39 is 17.9 Å². The topological polar surface area (TPSA) is 76.7 Å². The van der Waals surface area contributed by atoms with Crippen molar-refractivity contribution in [1.82, 2.24) is 10.9 Å². The minimum absolute atomic E-state index is 0.326. The number of nitrogens with one attached hydrogen (secondary N) is 2. The number of carbonyl (C=O) groups is 2. The van der Waals surface area contributed by atoms with E-state index in [-0.39, 0.29) is 0 Å². The van der Waals surface area contributed by atoms with Crippen molar-refractivity contribution in [3.05, 3.63) is 59.7 Å². The predicted octanol–water partition coefficient (Wildman–Crippen LogP) is 2.23. The molecule has 2 amide bonds. The van der Waals surface area contributed by atoms with Crippen LogP contribution in [0.25, 0.3) is 0 Å². The van der Waals surface area contributed by atoms with Crippen molar-refractivity contribution in [2.45, 2.75) is 20.0 Å². The zero-order chi connectivity index (χ0) is 17.5. The Morgan fingerprint density at radius 2 is 1.67 bits per heavy atom. The summed E-state index contributed by atoms with van der Waals surface area (Å²) in [6.07, 6.45) is -0.759. The second kappa shape index (κ2) is 8.01. The molecule has 0 fully saturated rings. The lowest BCUT2D eigenvalue weighted by Crippen LogP contribution is -2.47. The van der Waals surface area contributed by atoms with Gasteiger partial charge in [-0.1, -0.05) is 29.8 Å². The van der Waals surface area contributed by atoms with Crippen molar-refractivity contribution >= 4 is 11.8 Å². The number of rotatable bonds is 5. The molecule has 126 valence electrons. The molecule has 0 radical (unpaired) electrons. The van der Waals surface area contributed by atoms with Crippen molar-refractivity contribution in [2.75, 3.05) is 7.11 Å². The van der Waals surface area contributed by atoms with Crippen LogP contribution < -0.4 is 20.3 Å². The van der Waals surface area contributed by atoms with Gasteiger partial charge in [0.15, 0.2) is 6.10 Å². The first-order valence-electron chi connectivity index (χ1n) is 7.48. The number of hydrogen-bond donors (Lipinski definition) is 2. The largest absolute Gasteiger partial charge is 0.496 e. The van der Waals surface area contributed by atoms with E-state index in [0.29, 0.717) is 17.1 Å². The molecule has 2 rings (SSSR count). The molecule has 0 aromatic heterocycles. The number of aryl methyl sites for hydroxylation is 1. The van der Waals surface area contributed by atoms with Crippen molar-refractivity contribution in [3.63, 3.8) is 0 Å². The highest BCUT2D eigenvalue weighted by Crippen LogP contribution is 2.16. The predicted molar refractivity (Wildman–Crippen MR) is 89.9 cm³/mol. The van der Waals surface area contributed by atoms with Crippen LogP contribution in [0.3, 0.4) is 0 Å². The fourth-order valence-corrected chi connectivity index (χ4v) is 1.99. The number of methoxy groups -OCH3 is 1. The van der Waals surface area contributed by atoms with E-state index in [0.717, 1.165) is 5.56 Å². The molecule has 6 nitrogen and oxygen atoms in total. The van der Waals surface area contributed by atoms with Crippen LogP contribution in [0, 0.1) is 6.92 Å². The van der Waals surface area contributed by atoms with Gasteiger partial charge in [0.25, 0.3) is 11.8 Å². The molecule has 6 heteroatoms. The molecule has 2 aromatic carbocycles. The molecule has 24 heavy (non-hydrogen) atoms. The minimum Gasteiger partial charge on any atom is -0.496 e. The SMILES string of the molecule is COc1ccccc1C(=O)NNC(=O)[C@@H](C)Oc1ccc(C)cc1. The van der Waals surface area contributed by atoms with Crippen LogP contribution in [-0.2, 0) is 4.79 Å². The van der Waals surface area contributed by atoms with Crippen LogP contribution in [0.15, 0.2) is 48.5 Å². The molecule has 0 bridgehead atoms. The first kappa shape index (κ1) is 17.3. The van der Waals surface area contributed by atoms with Gasteiger partial charge in [-0.05, 0) is 38.1 Å². The first-order chi connectivity index (χ1) is 11.5. The Morgan fingerprint density at radius 3 is 2.33 bits per heavy atom. The molecule has 1 atom stereocenters. The molecule has 0 saturated heterocycles. The van der Waals surface area contributed by atoms with Crippen LogP contribution in [0.4, 0.5) is 0 Å². The zero-order valence-electron chi connectivity index (χ0n) is 13.8. The lowest BCUT2D eigenvalue weighted by Gasteiger charge is -2.15. The van der Waals surface area contributed by atoms with E-state index in [2.05, 4.69) is 10.9 Å². The molecule has 2 N–H and O–H groups in total. The number of ether oxygens (including phenoxy) is 2. The van der Waals surface area contributed by atoms with Crippen LogP contribution >= 0.6 is 0 Å². The Labute approximate surface area is 140 Å². The Bertz CT molecular complexity index is 713. The van der Waals surface area contributed by atoms with Gasteiger partial charge in [-0.15, -0.1) is 0 Å². The monoisotopic (exact) mass is 328 g/mol. The Hall–Kier alpha value is -3.02. The maximum atomic E-state index is 12.1. The first-order valence-corrected chi connectivity index (χ1v) is 7.48. The third-order valence-electron chi connectivity index (χ3n) is 3.35. The van der Waals surface area contributed by atoms with E-state index >= 15 is 0 Å². The number of amides is 2. The number of para-hydroxylation sites is 1. The summed E-state index contributed by atoms with van der Waals surface area (Å²) in [6.45, 7) is 3.57. The molecule has 0 saturated carbocycles. The Kier molecular flexibility index (Phi) is 5.78. The van der Waals surface area contributed by atoms with E-state index in [1.54, 1.807) is 43.3 Å². The van der Waals surface area contributed by atoms with Gasteiger partial charge < -0.3 is 9.47 Å². The number of hydrazine groups is 1. The standard InChI is InChI=1S/C18H20N2O4/c1-12-8-10-14(11-9-12)24-13(2)17(21)19-20-18(22)15-6-4-5-7-16(15)23-3/h4-11,13H,1-3H3,(H,19,21)(H,20,22)/t13-/m1/s1. The van der Waals surface area contributed by atoms with E-state index in [1.165, 1.54) is 7.11 Å². The summed E-state index contributed by atoms with van der Waals surface area (Å²) in [4.78, 5) is 24.1.